The average Bonchev–Trinajstić information content (AvgIpc) is 4.00. The molecule has 2 heterocycles. The molecule has 6 aromatic carbocycles. The van der Waals surface area contributed by atoms with E-state index >= 15 is 0 Å². The quantitative estimate of drug-likeness (QED) is 0.176. The summed E-state index contributed by atoms with van der Waals surface area (Å²) in [6, 6.07) is 44.6. The van der Waals surface area contributed by atoms with Crippen LogP contribution in [0.4, 0.5) is 0 Å². The predicted molar refractivity (Wildman–Crippen MR) is 169 cm³/mol. The Morgan fingerprint density at radius 1 is 0.605 bits per heavy atom. The Hall–Kier alpha value is -4.48. The van der Waals surface area contributed by atoms with Crippen molar-refractivity contribution in [2.45, 2.75) is 24.4 Å². The van der Waals surface area contributed by atoms with Gasteiger partial charge in [0, 0.05) is 0 Å². The number of fused-ring (bicyclic) bond motifs is 5. The van der Waals surface area contributed by atoms with Crippen molar-refractivity contribution in [2.24, 2.45) is 0 Å². The third-order valence-electron chi connectivity index (χ3n) is 9.11. The highest BCUT2D eigenvalue weighted by Gasteiger charge is 2.46. The molecule has 2 atom stereocenters. The van der Waals surface area contributed by atoms with Crippen LogP contribution >= 0.6 is 0 Å². The van der Waals surface area contributed by atoms with E-state index in [0.717, 1.165) is 23.3 Å². The minimum Gasteiger partial charge on any atom is -0.491 e. The number of hydrogen-bond acceptors (Lipinski definition) is 4. The van der Waals surface area contributed by atoms with Crippen molar-refractivity contribution in [2.75, 3.05) is 19.8 Å². The first-order valence-electron chi connectivity index (χ1n) is 15.0. The third-order valence-corrected chi connectivity index (χ3v) is 9.11. The Balaban J connectivity index is 1.26. The van der Waals surface area contributed by atoms with Crippen LogP contribution in [0.25, 0.3) is 32.7 Å². The van der Waals surface area contributed by atoms with Gasteiger partial charge in [0.15, 0.2) is 6.29 Å². The minimum atomic E-state index is -0.483. The predicted octanol–water partition coefficient (Wildman–Crippen LogP) is 8.01. The largest absolute Gasteiger partial charge is 0.491 e. The van der Waals surface area contributed by atoms with Crippen LogP contribution in [0, 0.1) is 0 Å². The SMILES string of the molecule is c1ccc2c(c1)-c1ccccc1C2(c1ccc2ccc(COC3CO3)cc2c1)c1ccc2ccc(OCC3CO3)cc2c1. The summed E-state index contributed by atoms with van der Waals surface area (Å²) in [5.74, 6) is 0.874. The minimum absolute atomic E-state index is 0.0577. The van der Waals surface area contributed by atoms with Gasteiger partial charge in [-0.25, -0.2) is 0 Å². The molecule has 0 N–H and O–H groups in total. The van der Waals surface area contributed by atoms with Gasteiger partial charge in [0.2, 0.25) is 0 Å². The molecule has 0 aromatic heterocycles. The average molecular weight is 563 g/mol. The number of epoxide rings is 2. The van der Waals surface area contributed by atoms with E-state index in [9.17, 15) is 0 Å². The smallest absolute Gasteiger partial charge is 0.181 e. The number of benzene rings is 6. The van der Waals surface area contributed by atoms with Crippen molar-refractivity contribution in [1.82, 2.24) is 0 Å². The Kier molecular flexibility index (Phi) is 5.70. The monoisotopic (exact) mass is 562 g/mol. The van der Waals surface area contributed by atoms with E-state index < -0.39 is 5.41 Å². The van der Waals surface area contributed by atoms with Crippen LogP contribution in [0.3, 0.4) is 0 Å². The van der Waals surface area contributed by atoms with E-state index in [-0.39, 0.29) is 12.4 Å². The van der Waals surface area contributed by atoms with Gasteiger partial charge < -0.3 is 18.9 Å². The third kappa shape index (κ3) is 4.25. The highest BCUT2D eigenvalue weighted by atomic mass is 16.8. The molecule has 0 saturated carbocycles. The van der Waals surface area contributed by atoms with Crippen molar-refractivity contribution in [3.8, 4) is 16.9 Å². The van der Waals surface area contributed by atoms with Gasteiger partial charge in [-0.05, 0) is 90.8 Å². The molecule has 1 aliphatic carbocycles. The van der Waals surface area contributed by atoms with Crippen molar-refractivity contribution < 1.29 is 18.9 Å². The summed E-state index contributed by atoms with van der Waals surface area (Å²) in [4.78, 5) is 0. The summed E-state index contributed by atoms with van der Waals surface area (Å²) in [6.07, 6.45) is 0.163. The molecule has 210 valence electrons. The molecule has 4 nitrogen and oxygen atoms in total. The van der Waals surface area contributed by atoms with Gasteiger partial charge in [0.1, 0.15) is 25.1 Å². The fraction of sp³-hybridized carbons (Fsp3) is 0.179. The fourth-order valence-corrected chi connectivity index (χ4v) is 6.87. The Morgan fingerprint density at radius 2 is 1.21 bits per heavy atom. The fourth-order valence-electron chi connectivity index (χ4n) is 6.87. The van der Waals surface area contributed by atoms with Gasteiger partial charge in [0.25, 0.3) is 0 Å². The summed E-state index contributed by atoms with van der Waals surface area (Å²) in [5.41, 5.74) is 8.33. The van der Waals surface area contributed by atoms with Crippen molar-refractivity contribution in [3.05, 3.63) is 149 Å². The van der Waals surface area contributed by atoms with Gasteiger partial charge in [-0.2, -0.15) is 0 Å². The van der Waals surface area contributed by atoms with E-state index in [4.69, 9.17) is 18.9 Å². The van der Waals surface area contributed by atoms with Crippen LogP contribution in [-0.2, 0) is 26.2 Å². The van der Waals surface area contributed by atoms with Gasteiger partial charge in [-0.1, -0.05) is 91.0 Å². The first kappa shape index (κ1) is 25.1. The number of hydrogen-bond donors (Lipinski definition) is 0. The van der Waals surface area contributed by atoms with Crippen LogP contribution in [0.2, 0.25) is 0 Å². The highest BCUT2D eigenvalue weighted by Crippen LogP contribution is 2.56. The van der Waals surface area contributed by atoms with Crippen molar-refractivity contribution in [3.63, 3.8) is 0 Å². The van der Waals surface area contributed by atoms with Crippen LogP contribution in [0.5, 0.6) is 5.75 Å². The first-order chi connectivity index (χ1) is 21.3. The molecule has 0 bridgehead atoms. The first-order valence-corrected chi connectivity index (χ1v) is 15.0. The number of ether oxygens (including phenoxy) is 4. The van der Waals surface area contributed by atoms with Crippen molar-refractivity contribution >= 4 is 21.5 Å². The van der Waals surface area contributed by atoms with Crippen molar-refractivity contribution in [1.29, 1.82) is 0 Å². The van der Waals surface area contributed by atoms with Crippen LogP contribution in [0.15, 0.2) is 121 Å². The van der Waals surface area contributed by atoms with Gasteiger partial charge in [-0.15, -0.1) is 0 Å². The van der Waals surface area contributed by atoms with Gasteiger partial charge in [0.05, 0.1) is 18.6 Å². The lowest BCUT2D eigenvalue weighted by Gasteiger charge is -2.34. The zero-order valence-corrected chi connectivity index (χ0v) is 23.7. The zero-order valence-electron chi connectivity index (χ0n) is 23.7. The molecule has 9 rings (SSSR count). The molecule has 2 fully saturated rings. The van der Waals surface area contributed by atoms with Crippen LogP contribution < -0.4 is 4.74 Å². The van der Waals surface area contributed by atoms with Gasteiger partial charge in [-0.3, -0.25) is 0 Å². The lowest BCUT2D eigenvalue weighted by atomic mass is 9.67. The maximum absolute atomic E-state index is 6.08. The summed E-state index contributed by atoms with van der Waals surface area (Å²) in [6.45, 7) is 2.61. The Bertz CT molecular complexity index is 1870. The molecular formula is C39H30O4. The van der Waals surface area contributed by atoms with E-state index in [2.05, 4.69) is 121 Å². The molecule has 0 amide bonds. The summed E-state index contributed by atoms with van der Waals surface area (Å²) in [7, 11) is 0. The molecule has 2 aliphatic heterocycles. The second-order valence-electron chi connectivity index (χ2n) is 11.8. The molecular weight excluding hydrogens is 532 g/mol. The summed E-state index contributed by atoms with van der Waals surface area (Å²) < 4.78 is 22.5. The Labute approximate surface area is 250 Å². The zero-order chi connectivity index (χ0) is 28.4. The molecule has 43 heavy (non-hydrogen) atoms. The molecule has 0 spiro atoms. The molecule has 6 aromatic rings. The molecule has 4 heteroatoms. The lowest BCUT2D eigenvalue weighted by Crippen LogP contribution is -2.28. The molecule has 2 saturated heterocycles. The molecule has 3 aliphatic rings. The van der Waals surface area contributed by atoms with E-state index in [1.54, 1.807) is 0 Å². The molecule has 2 unspecified atom stereocenters. The lowest BCUT2D eigenvalue weighted by molar-refractivity contribution is 0.0386. The van der Waals surface area contributed by atoms with Crippen LogP contribution in [-0.4, -0.2) is 32.2 Å². The summed E-state index contributed by atoms with van der Waals surface area (Å²) in [5, 5.41) is 4.77. The Morgan fingerprint density at radius 3 is 1.86 bits per heavy atom. The maximum Gasteiger partial charge on any atom is 0.181 e. The van der Waals surface area contributed by atoms with Crippen LogP contribution in [0.1, 0.15) is 27.8 Å². The topological polar surface area (TPSA) is 43.5 Å². The van der Waals surface area contributed by atoms with E-state index in [0.29, 0.717) is 19.8 Å². The normalized spacial score (nSPS) is 19.3. The second kappa shape index (κ2) is 9.78. The van der Waals surface area contributed by atoms with Gasteiger partial charge >= 0.3 is 0 Å². The summed E-state index contributed by atoms with van der Waals surface area (Å²) >= 11 is 0. The second-order valence-corrected chi connectivity index (χ2v) is 11.8. The molecule has 0 radical (unpaired) electrons. The highest BCUT2D eigenvalue weighted by molar-refractivity contribution is 5.92. The number of rotatable bonds is 8. The standard InChI is InChI=1S/C39H30O4/c1-3-7-36-34(5-1)35-6-2-4-8-37(35)39(36,30-14-11-26-10-9-25(17-28(26)18-30)21-42-38-24-43-38)31-15-12-27-13-16-32(20-29(27)19-31)40-22-33-23-41-33/h1-20,33,38H,21-24H2. The van der Waals surface area contributed by atoms with E-state index in [1.807, 2.05) is 0 Å². The van der Waals surface area contributed by atoms with E-state index in [1.165, 1.54) is 49.5 Å². The maximum atomic E-state index is 6.08.